The van der Waals surface area contributed by atoms with Crippen molar-refractivity contribution in [1.82, 2.24) is 9.80 Å². The average molecular weight is 577 g/mol. The van der Waals surface area contributed by atoms with E-state index in [9.17, 15) is 14.0 Å². The Labute approximate surface area is 246 Å². The molecule has 0 spiro atoms. The van der Waals surface area contributed by atoms with Gasteiger partial charge in [0.25, 0.3) is 5.91 Å². The van der Waals surface area contributed by atoms with Crippen LogP contribution in [0.4, 0.5) is 4.39 Å². The number of likely N-dealkylation sites (tertiary alicyclic amines) is 1. The number of halogens is 2. The zero-order valence-corrected chi connectivity index (χ0v) is 26.0. The number of rotatable bonds is 9. The van der Waals surface area contributed by atoms with Crippen LogP contribution < -0.4 is 5.73 Å². The van der Waals surface area contributed by atoms with Crippen LogP contribution >= 0.6 is 11.6 Å². The zero-order valence-electron chi connectivity index (χ0n) is 25.3. The first kappa shape index (κ1) is 33.8. The minimum Gasteiger partial charge on any atom is -0.394 e. The summed E-state index contributed by atoms with van der Waals surface area (Å²) in [5, 5.41) is 0.856. The standard InChI is InChI=1S/C24H41FN4O2.C8H9Cl/c1-4-12-28(15-11-18(3)5-2)22(30)17-27-21-10-9-19(25)16-20(21)23(26)24(31)29-13-7-6-8-14-29;1-6-4-3-5-8(9)7(6)2/h18-19H,4-17,26H2,1-3H3;3-5H,1-2H3/b23-20-,27-21?;. The summed E-state index contributed by atoms with van der Waals surface area (Å²) >= 11 is 5.81. The van der Waals surface area contributed by atoms with Crippen molar-refractivity contribution in [1.29, 1.82) is 0 Å². The topological polar surface area (TPSA) is 79.0 Å². The van der Waals surface area contributed by atoms with Gasteiger partial charge in [0.1, 0.15) is 18.4 Å². The Morgan fingerprint density at radius 2 is 1.88 bits per heavy atom. The minimum absolute atomic E-state index is 0.0136. The van der Waals surface area contributed by atoms with Gasteiger partial charge >= 0.3 is 0 Å². The van der Waals surface area contributed by atoms with Gasteiger partial charge in [0.05, 0.1) is 0 Å². The normalized spacial score (nSPS) is 20.4. The molecule has 224 valence electrons. The molecule has 2 N–H and O–H groups in total. The Balaban J connectivity index is 0.000000526. The van der Waals surface area contributed by atoms with Crippen LogP contribution in [0.25, 0.3) is 0 Å². The number of nitrogens with zero attached hydrogens (tertiary/aromatic N) is 3. The highest BCUT2D eigenvalue weighted by atomic mass is 35.5. The van der Waals surface area contributed by atoms with Crippen molar-refractivity contribution >= 4 is 29.1 Å². The van der Waals surface area contributed by atoms with E-state index in [0.29, 0.717) is 49.7 Å². The van der Waals surface area contributed by atoms with Gasteiger partial charge in [-0.3, -0.25) is 14.6 Å². The van der Waals surface area contributed by atoms with Crippen molar-refractivity contribution < 1.29 is 14.0 Å². The molecule has 1 heterocycles. The van der Waals surface area contributed by atoms with Crippen LogP contribution in [-0.2, 0) is 9.59 Å². The molecule has 1 saturated carbocycles. The number of nitrogens with two attached hydrogens (primary N) is 1. The smallest absolute Gasteiger partial charge is 0.270 e. The minimum atomic E-state index is -1.02. The third-order valence-electron chi connectivity index (χ3n) is 8.05. The van der Waals surface area contributed by atoms with Crippen LogP contribution in [0, 0.1) is 19.8 Å². The van der Waals surface area contributed by atoms with Gasteiger partial charge in [-0.1, -0.05) is 50.9 Å². The number of hydrogen-bond acceptors (Lipinski definition) is 4. The molecule has 8 heteroatoms. The second kappa shape index (κ2) is 17.4. The summed E-state index contributed by atoms with van der Waals surface area (Å²) in [6.07, 6.45) is 5.88. The fraction of sp³-hybridized carbons (Fsp3) is 0.656. The van der Waals surface area contributed by atoms with Crippen LogP contribution in [0.15, 0.2) is 34.5 Å². The molecule has 1 aliphatic heterocycles. The first-order valence-electron chi connectivity index (χ1n) is 15.0. The highest BCUT2D eigenvalue weighted by molar-refractivity contribution is 6.31. The van der Waals surface area contributed by atoms with Crippen molar-refractivity contribution in [3.05, 3.63) is 45.6 Å². The van der Waals surface area contributed by atoms with Crippen LogP contribution in [0.3, 0.4) is 0 Å². The molecule has 6 nitrogen and oxygen atoms in total. The fourth-order valence-electron chi connectivity index (χ4n) is 4.91. The molecule has 0 aromatic heterocycles. The predicted octanol–water partition coefficient (Wildman–Crippen LogP) is 6.81. The molecule has 1 aromatic rings. The van der Waals surface area contributed by atoms with Gasteiger partial charge in [0, 0.05) is 48.9 Å². The Kier molecular flexibility index (Phi) is 14.7. The average Bonchev–Trinajstić information content (AvgIpc) is 2.96. The summed E-state index contributed by atoms with van der Waals surface area (Å²) < 4.78 is 14.2. The first-order chi connectivity index (χ1) is 19.1. The van der Waals surface area contributed by atoms with E-state index in [1.54, 1.807) is 4.90 Å². The molecule has 2 aliphatic rings. The quantitative estimate of drug-likeness (QED) is 0.328. The van der Waals surface area contributed by atoms with E-state index >= 15 is 0 Å². The molecule has 3 rings (SSSR count). The lowest BCUT2D eigenvalue weighted by molar-refractivity contribution is -0.130. The highest BCUT2D eigenvalue weighted by Crippen LogP contribution is 2.27. The maximum Gasteiger partial charge on any atom is 0.270 e. The number of piperidine rings is 1. The Morgan fingerprint density at radius 1 is 1.18 bits per heavy atom. The van der Waals surface area contributed by atoms with Crippen LogP contribution in [0.5, 0.6) is 0 Å². The number of allylic oxidation sites excluding steroid dienone is 1. The number of amides is 2. The maximum absolute atomic E-state index is 14.2. The lowest BCUT2D eigenvalue weighted by Gasteiger charge is -2.29. The van der Waals surface area contributed by atoms with Gasteiger partial charge < -0.3 is 15.5 Å². The Morgan fingerprint density at radius 3 is 2.48 bits per heavy atom. The molecule has 0 radical (unpaired) electrons. The number of aliphatic imine (C=N–C) groups is 1. The third-order valence-corrected chi connectivity index (χ3v) is 8.46. The van der Waals surface area contributed by atoms with Crippen LogP contribution in [0.1, 0.15) is 89.7 Å². The van der Waals surface area contributed by atoms with Gasteiger partial charge in [0.2, 0.25) is 5.91 Å². The van der Waals surface area contributed by atoms with Crippen molar-refractivity contribution in [3.8, 4) is 0 Å². The molecule has 40 heavy (non-hydrogen) atoms. The number of benzene rings is 1. The first-order valence-corrected chi connectivity index (χ1v) is 15.4. The van der Waals surface area contributed by atoms with Gasteiger partial charge in [0.15, 0.2) is 0 Å². The number of aryl methyl sites for hydroxylation is 1. The summed E-state index contributed by atoms with van der Waals surface area (Å²) in [6, 6.07) is 5.93. The van der Waals surface area contributed by atoms with E-state index in [1.165, 1.54) is 11.1 Å². The van der Waals surface area contributed by atoms with Crippen molar-refractivity contribution in [3.63, 3.8) is 0 Å². The molecular weight excluding hydrogens is 527 g/mol. The summed E-state index contributed by atoms with van der Waals surface area (Å²) in [5.74, 6) is 0.345. The van der Waals surface area contributed by atoms with Gasteiger partial charge in [-0.05, 0) is 81.9 Å². The van der Waals surface area contributed by atoms with Crippen LogP contribution in [0.2, 0.25) is 5.02 Å². The van der Waals surface area contributed by atoms with E-state index < -0.39 is 6.17 Å². The molecule has 2 amide bonds. The molecule has 2 fully saturated rings. The SMILES string of the molecule is CCCN(CCC(C)CC)C(=O)CN=C1CCC(F)C/C1=C(/N)C(=O)N1CCCCC1.Cc1cccc(Cl)c1C. The second-order valence-corrected chi connectivity index (χ2v) is 11.6. The fourth-order valence-corrected chi connectivity index (χ4v) is 5.13. The highest BCUT2D eigenvalue weighted by Gasteiger charge is 2.28. The number of hydrogen-bond donors (Lipinski definition) is 1. The molecule has 1 aliphatic carbocycles. The van der Waals surface area contributed by atoms with E-state index in [0.717, 1.165) is 50.1 Å². The Bertz CT molecular complexity index is 1020. The molecule has 0 bridgehead atoms. The van der Waals surface area contributed by atoms with E-state index in [2.05, 4.69) is 38.8 Å². The van der Waals surface area contributed by atoms with Crippen molar-refractivity contribution in [2.75, 3.05) is 32.7 Å². The van der Waals surface area contributed by atoms with Gasteiger partial charge in [-0.25, -0.2) is 4.39 Å². The Hall–Kier alpha value is -2.41. The molecule has 1 aromatic carbocycles. The summed E-state index contributed by atoms with van der Waals surface area (Å²) in [6.45, 7) is 13.4. The zero-order chi connectivity index (χ0) is 29.7. The summed E-state index contributed by atoms with van der Waals surface area (Å²) in [4.78, 5) is 33.9. The summed E-state index contributed by atoms with van der Waals surface area (Å²) in [5.41, 5.74) is 9.90. The monoisotopic (exact) mass is 576 g/mol. The largest absolute Gasteiger partial charge is 0.394 e. The number of carbonyl (C=O) groups excluding carboxylic acids is 2. The lowest BCUT2D eigenvalue weighted by Crippen LogP contribution is -2.40. The maximum atomic E-state index is 14.2. The van der Waals surface area contributed by atoms with Crippen molar-refractivity contribution in [2.45, 2.75) is 98.6 Å². The molecular formula is C32H50ClFN4O2. The number of carbonyl (C=O) groups is 2. The second-order valence-electron chi connectivity index (χ2n) is 11.2. The van der Waals surface area contributed by atoms with E-state index in [-0.39, 0.29) is 30.5 Å². The van der Waals surface area contributed by atoms with Crippen molar-refractivity contribution in [2.24, 2.45) is 16.6 Å². The number of alkyl halides is 1. The lowest BCUT2D eigenvalue weighted by atomic mass is 9.89. The van der Waals surface area contributed by atoms with Gasteiger partial charge in [-0.15, -0.1) is 0 Å². The van der Waals surface area contributed by atoms with Crippen LogP contribution in [-0.4, -0.2) is 66.2 Å². The molecule has 1 saturated heterocycles. The molecule has 2 atom stereocenters. The van der Waals surface area contributed by atoms with Gasteiger partial charge in [-0.2, -0.15) is 0 Å². The third kappa shape index (κ3) is 10.5. The van der Waals surface area contributed by atoms with E-state index in [1.807, 2.05) is 24.0 Å². The van der Waals surface area contributed by atoms with E-state index in [4.69, 9.17) is 17.3 Å². The summed E-state index contributed by atoms with van der Waals surface area (Å²) in [7, 11) is 0. The predicted molar refractivity (Wildman–Crippen MR) is 165 cm³/mol. The molecule has 2 unspecified atom stereocenters.